The van der Waals surface area contributed by atoms with Gasteiger partial charge in [0.05, 0.1) is 0 Å². The minimum absolute atomic E-state index is 0. The van der Waals surface area contributed by atoms with Crippen molar-refractivity contribution in [1.29, 1.82) is 0 Å². The van der Waals surface area contributed by atoms with Crippen molar-refractivity contribution in [3.05, 3.63) is 128 Å². The molecule has 1 saturated heterocycles. The zero-order valence-corrected chi connectivity index (χ0v) is 44.9. The van der Waals surface area contributed by atoms with Crippen LogP contribution >= 0.6 is 0 Å². The summed E-state index contributed by atoms with van der Waals surface area (Å²) in [7, 11) is 0. The Morgan fingerprint density at radius 1 is 0.406 bits per heavy atom. The maximum Gasteiger partial charge on any atom is -1.00 e. The second-order valence-corrected chi connectivity index (χ2v) is 32.3. The summed E-state index contributed by atoms with van der Waals surface area (Å²) in [4.78, 5) is 0. The van der Waals surface area contributed by atoms with Crippen LogP contribution in [0.25, 0.3) is 34.4 Å². The van der Waals surface area contributed by atoms with E-state index in [-0.39, 0.29) is 46.5 Å². The van der Waals surface area contributed by atoms with Gasteiger partial charge in [-0.15, -0.1) is 0 Å². The van der Waals surface area contributed by atoms with E-state index in [1.54, 1.807) is 22.3 Å². The Balaban J connectivity index is 0.00000306. The first-order chi connectivity index (χ1) is 29.2. The molecule has 0 bridgehead atoms. The number of rotatable bonds is 6. The molecular formula is C61H80Cl2Ti. The van der Waals surface area contributed by atoms with Crippen molar-refractivity contribution in [2.75, 3.05) is 0 Å². The molecule has 5 aliphatic rings. The van der Waals surface area contributed by atoms with Crippen LogP contribution in [0.4, 0.5) is 0 Å². The van der Waals surface area contributed by atoms with Crippen LogP contribution in [0, 0.1) is 11.8 Å². The van der Waals surface area contributed by atoms with Gasteiger partial charge < -0.3 is 24.8 Å². The zero-order chi connectivity index (χ0) is 44.0. The van der Waals surface area contributed by atoms with Crippen LogP contribution in [0.15, 0.2) is 83.9 Å². The zero-order valence-electron chi connectivity index (χ0n) is 41.8. The topological polar surface area (TPSA) is 0 Å². The van der Waals surface area contributed by atoms with Gasteiger partial charge in [-0.1, -0.05) is 0 Å². The van der Waals surface area contributed by atoms with Gasteiger partial charge in [-0.05, 0) is 0 Å². The Labute approximate surface area is 406 Å². The molecule has 64 heavy (non-hydrogen) atoms. The van der Waals surface area contributed by atoms with Gasteiger partial charge in [-0.3, -0.25) is 0 Å². The predicted octanol–water partition coefficient (Wildman–Crippen LogP) is 12.3. The standard InChI is InChI=1S/2C29H37.C3H6.2ClH.Ti/c2*1-28(2,3)24-16-23(17-25(19-24)29(4,5)6)26-14-10-13-21-15-22(18-27(21)26)20-11-8-7-9-12-20;1-3-2;;;/h2*10,13-20H,7-9,11-12H2,1-6H3;1-3H2;2*1H;/q;;;;;+2/p-2. The number of fused-ring (bicyclic) bond motifs is 2. The first kappa shape index (κ1) is 49.6. The fourth-order valence-electron chi connectivity index (χ4n) is 12.8. The van der Waals surface area contributed by atoms with Gasteiger partial charge in [0.2, 0.25) is 0 Å². The van der Waals surface area contributed by atoms with E-state index in [1.807, 2.05) is 11.1 Å². The fraction of sp³-hybridized carbons (Fsp3) is 0.541. The van der Waals surface area contributed by atoms with E-state index in [0.717, 1.165) is 11.8 Å². The van der Waals surface area contributed by atoms with Crippen molar-refractivity contribution in [2.45, 2.75) is 193 Å². The van der Waals surface area contributed by atoms with Gasteiger partial charge in [0, 0.05) is 0 Å². The molecule has 0 spiro atoms. The van der Waals surface area contributed by atoms with Crippen molar-refractivity contribution in [3.8, 4) is 22.3 Å². The summed E-state index contributed by atoms with van der Waals surface area (Å²) in [5, 5.41) is 0. The molecule has 0 N–H and O–H groups in total. The van der Waals surface area contributed by atoms with Gasteiger partial charge >= 0.3 is 385 Å². The Kier molecular flexibility index (Phi) is 14.2. The molecule has 9 rings (SSSR count). The van der Waals surface area contributed by atoms with E-state index in [0.29, 0.717) is 8.45 Å². The maximum absolute atomic E-state index is 2.85. The number of allylic oxidation sites excluding steroid dienone is 2. The molecule has 3 fully saturated rings. The minimum atomic E-state index is -2.79. The Morgan fingerprint density at radius 2 is 0.734 bits per heavy atom. The van der Waals surface area contributed by atoms with Crippen LogP contribution in [-0.4, -0.2) is 0 Å². The predicted molar refractivity (Wildman–Crippen MR) is 267 cm³/mol. The van der Waals surface area contributed by atoms with E-state index < -0.39 is 16.6 Å². The van der Waals surface area contributed by atoms with E-state index in [1.165, 1.54) is 125 Å². The molecule has 2 atom stereocenters. The van der Waals surface area contributed by atoms with E-state index in [9.17, 15) is 0 Å². The van der Waals surface area contributed by atoms with Gasteiger partial charge in [-0.2, -0.15) is 0 Å². The molecule has 0 amide bonds. The van der Waals surface area contributed by atoms with Crippen LogP contribution in [-0.2, 0) is 38.2 Å². The van der Waals surface area contributed by atoms with Crippen LogP contribution in [0.2, 0.25) is 9.45 Å². The molecular weight excluding hydrogens is 851 g/mol. The fourth-order valence-corrected chi connectivity index (χ4v) is 22.8. The molecule has 4 aliphatic carbocycles. The quantitative estimate of drug-likeness (QED) is 0.169. The third-order valence-electron chi connectivity index (χ3n) is 16.7. The minimum Gasteiger partial charge on any atom is -1.00 e. The third-order valence-corrected chi connectivity index (χ3v) is 26.3. The van der Waals surface area contributed by atoms with E-state index >= 15 is 0 Å². The largest absolute Gasteiger partial charge is 1.00 e. The SMILES string of the molecule is CC(C)(C)c1cc(-c2cccc3c2C=C(C2CCCCC2)[CH]3[Ti+2]2([CH]3C(C4CCCCC4)=Cc4c(-c5cc(C(C)(C)C)cc(C(C)(C)C)c5)cccc43)[CH2]C[CH2]2)cc(C(C)(C)C)c1.[Cl-].[Cl-]. The number of hydrogen-bond acceptors (Lipinski definition) is 0. The number of benzene rings is 4. The van der Waals surface area contributed by atoms with E-state index in [4.69, 9.17) is 0 Å². The Bertz CT molecular complexity index is 2170. The van der Waals surface area contributed by atoms with Crippen molar-refractivity contribution >= 4 is 12.2 Å². The summed E-state index contributed by atoms with van der Waals surface area (Å²) in [5.74, 6) is 1.46. The van der Waals surface area contributed by atoms with Crippen LogP contribution in [0.5, 0.6) is 0 Å². The third kappa shape index (κ3) is 9.16. The molecule has 1 heterocycles. The smallest absolute Gasteiger partial charge is 1.00 e. The van der Waals surface area contributed by atoms with Crippen molar-refractivity contribution in [1.82, 2.24) is 0 Å². The van der Waals surface area contributed by atoms with Crippen molar-refractivity contribution in [2.24, 2.45) is 11.8 Å². The molecule has 0 aromatic heterocycles. The summed E-state index contributed by atoms with van der Waals surface area (Å²) >= 11 is -2.79. The average molecular weight is 932 g/mol. The summed E-state index contributed by atoms with van der Waals surface area (Å²) in [6, 6.07) is 30.5. The molecule has 2 unspecified atom stereocenters. The number of halogens is 2. The summed E-state index contributed by atoms with van der Waals surface area (Å²) in [5.41, 5.74) is 22.4. The van der Waals surface area contributed by atoms with Crippen LogP contribution < -0.4 is 24.8 Å². The van der Waals surface area contributed by atoms with Crippen molar-refractivity contribution < 1.29 is 41.4 Å². The average Bonchev–Trinajstić information content (AvgIpc) is 3.80. The van der Waals surface area contributed by atoms with Crippen LogP contribution in [0.1, 0.15) is 207 Å². The van der Waals surface area contributed by atoms with Gasteiger partial charge in [0.1, 0.15) is 0 Å². The molecule has 342 valence electrons. The molecule has 4 aromatic rings. The van der Waals surface area contributed by atoms with Gasteiger partial charge in [-0.25, -0.2) is 0 Å². The Hall–Kier alpha value is -2.35. The van der Waals surface area contributed by atoms with Gasteiger partial charge in [0.25, 0.3) is 0 Å². The monoisotopic (exact) mass is 931 g/mol. The normalized spacial score (nSPS) is 21.0. The summed E-state index contributed by atoms with van der Waals surface area (Å²) in [6.45, 7) is 28.7. The molecule has 0 nitrogen and oxygen atoms in total. The summed E-state index contributed by atoms with van der Waals surface area (Å²) in [6.07, 6.45) is 21.1. The number of hydrogen-bond donors (Lipinski definition) is 0. The molecule has 4 aromatic carbocycles. The molecule has 1 aliphatic heterocycles. The molecule has 3 heteroatoms. The molecule has 0 radical (unpaired) electrons. The van der Waals surface area contributed by atoms with Crippen molar-refractivity contribution in [3.63, 3.8) is 0 Å². The molecule has 2 saturated carbocycles. The second-order valence-electron chi connectivity index (χ2n) is 25.1. The first-order valence-corrected chi connectivity index (χ1v) is 29.3. The first-order valence-electron chi connectivity index (χ1n) is 25.3. The van der Waals surface area contributed by atoms with E-state index in [2.05, 4.69) is 168 Å². The Morgan fingerprint density at radius 3 is 1.02 bits per heavy atom. The van der Waals surface area contributed by atoms with Gasteiger partial charge in [0.15, 0.2) is 0 Å². The maximum atomic E-state index is 2.85. The summed E-state index contributed by atoms with van der Waals surface area (Å²) < 4.78 is 4.33. The van der Waals surface area contributed by atoms with Crippen LogP contribution in [0.3, 0.4) is 0 Å². The second kappa shape index (κ2) is 18.3.